The Morgan fingerprint density at radius 2 is 2.27 bits per heavy atom. The smallest absolute Gasteiger partial charge is 0.355 e. The van der Waals surface area contributed by atoms with Gasteiger partial charge < -0.3 is 20.6 Å². The van der Waals surface area contributed by atoms with E-state index in [1.165, 1.54) is 0 Å². The number of pyridine rings is 1. The molecule has 4 N–H and O–H groups in total. The maximum absolute atomic E-state index is 11.1. The lowest BCUT2D eigenvalue weighted by Gasteiger charge is -2.00. The molecule has 0 spiro atoms. The number of nitrogens with two attached hydrogens (primary N) is 1. The van der Waals surface area contributed by atoms with Gasteiger partial charge in [0.15, 0.2) is 5.69 Å². The normalized spacial score (nSPS) is 10.5. The number of carboxylic acids is 1. The van der Waals surface area contributed by atoms with Gasteiger partial charge in [0.05, 0.1) is 16.9 Å². The topological polar surface area (TPSA) is 79.8 Å². The second kappa shape index (κ2) is 3.20. The SMILES string of the molecule is CNc1c(N)c2ccccn2c1C(=O)O. The first-order valence-corrected chi connectivity index (χ1v) is 4.46. The molecule has 0 aromatic carbocycles. The first-order valence-electron chi connectivity index (χ1n) is 4.46. The minimum Gasteiger partial charge on any atom is -0.476 e. The molecule has 0 radical (unpaired) electrons. The molecule has 0 saturated heterocycles. The highest BCUT2D eigenvalue weighted by Gasteiger charge is 2.19. The van der Waals surface area contributed by atoms with E-state index < -0.39 is 5.97 Å². The van der Waals surface area contributed by atoms with Crippen LogP contribution in [0.4, 0.5) is 11.4 Å². The van der Waals surface area contributed by atoms with Crippen LogP contribution in [0.15, 0.2) is 24.4 Å². The Hall–Kier alpha value is -2.17. The van der Waals surface area contributed by atoms with Gasteiger partial charge in [-0.15, -0.1) is 0 Å². The maximum atomic E-state index is 11.1. The molecule has 0 unspecified atom stereocenters. The van der Waals surface area contributed by atoms with Crippen molar-refractivity contribution in [2.75, 3.05) is 18.1 Å². The molecule has 0 saturated carbocycles. The van der Waals surface area contributed by atoms with E-state index in [1.807, 2.05) is 6.07 Å². The van der Waals surface area contributed by atoms with Gasteiger partial charge in [-0.05, 0) is 12.1 Å². The fourth-order valence-corrected chi connectivity index (χ4v) is 1.70. The van der Waals surface area contributed by atoms with Crippen molar-refractivity contribution in [3.8, 4) is 0 Å². The molecule has 5 heteroatoms. The fraction of sp³-hybridized carbons (Fsp3) is 0.100. The number of nitrogen functional groups attached to an aromatic ring is 1. The molecule has 2 aromatic heterocycles. The number of nitrogens with zero attached hydrogens (tertiary/aromatic N) is 1. The van der Waals surface area contributed by atoms with Gasteiger partial charge in [-0.1, -0.05) is 6.07 Å². The number of aromatic nitrogens is 1. The van der Waals surface area contributed by atoms with E-state index >= 15 is 0 Å². The second-order valence-corrected chi connectivity index (χ2v) is 3.15. The number of carboxylic acid groups (broad SMARTS) is 1. The van der Waals surface area contributed by atoms with Crippen LogP contribution >= 0.6 is 0 Å². The van der Waals surface area contributed by atoms with Crippen LogP contribution < -0.4 is 11.1 Å². The largest absolute Gasteiger partial charge is 0.476 e. The van der Waals surface area contributed by atoms with Gasteiger partial charge >= 0.3 is 5.97 Å². The van der Waals surface area contributed by atoms with Gasteiger partial charge in [0, 0.05) is 13.2 Å². The van der Waals surface area contributed by atoms with Crippen LogP contribution in [0.3, 0.4) is 0 Å². The summed E-state index contributed by atoms with van der Waals surface area (Å²) in [4.78, 5) is 11.1. The third-order valence-electron chi connectivity index (χ3n) is 2.34. The average Bonchev–Trinajstić information content (AvgIpc) is 2.52. The zero-order valence-corrected chi connectivity index (χ0v) is 8.19. The lowest BCUT2D eigenvalue weighted by molar-refractivity contribution is 0.0690. The zero-order valence-electron chi connectivity index (χ0n) is 8.19. The molecule has 5 nitrogen and oxygen atoms in total. The molecular weight excluding hydrogens is 194 g/mol. The Morgan fingerprint density at radius 3 is 2.87 bits per heavy atom. The van der Waals surface area contributed by atoms with Gasteiger partial charge in [0.1, 0.15) is 0 Å². The van der Waals surface area contributed by atoms with Crippen molar-refractivity contribution in [1.29, 1.82) is 0 Å². The highest BCUT2D eigenvalue weighted by molar-refractivity contribution is 6.02. The second-order valence-electron chi connectivity index (χ2n) is 3.15. The summed E-state index contributed by atoms with van der Waals surface area (Å²) in [6, 6.07) is 5.36. The van der Waals surface area contributed by atoms with Crippen molar-refractivity contribution in [2.24, 2.45) is 0 Å². The van der Waals surface area contributed by atoms with E-state index in [1.54, 1.807) is 29.8 Å². The Labute approximate surface area is 86.1 Å². The summed E-state index contributed by atoms with van der Waals surface area (Å²) in [5.41, 5.74) is 7.60. The van der Waals surface area contributed by atoms with E-state index in [0.717, 1.165) is 0 Å². The van der Waals surface area contributed by atoms with E-state index in [9.17, 15) is 4.79 Å². The van der Waals surface area contributed by atoms with Gasteiger partial charge in [0.2, 0.25) is 0 Å². The van der Waals surface area contributed by atoms with E-state index in [4.69, 9.17) is 10.8 Å². The Bertz CT molecular complexity index is 531. The van der Waals surface area contributed by atoms with Crippen molar-refractivity contribution in [2.45, 2.75) is 0 Å². The minimum atomic E-state index is -1.00. The molecule has 0 aliphatic carbocycles. The van der Waals surface area contributed by atoms with Crippen molar-refractivity contribution in [3.63, 3.8) is 0 Å². The molecule has 78 valence electrons. The summed E-state index contributed by atoms with van der Waals surface area (Å²) >= 11 is 0. The molecule has 2 rings (SSSR count). The monoisotopic (exact) mass is 205 g/mol. The predicted octanol–water partition coefficient (Wildman–Crippen LogP) is 1.26. The standard InChI is InChI=1S/C10H11N3O2/c1-12-8-7(11)6-4-2-3-5-13(6)9(8)10(14)15/h2-5,12H,11H2,1H3,(H,14,15). The van der Waals surface area contributed by atoms with Crippen molar-refractivity contribution < 1.29 is 9.90 Å². The van der Waals surface area contributed by atoms with Crippen LogP contribution in [-0.4, -0.2) is 22.5 Å². The molecule has 0 fully saturated rings. The number of rotatable bonds is 2. The van der Waals surface area contributed by atoms with E-state index in [2.05, 4.69) is 5.32 Å². The van der Waals surface area contributed by atoms with Crippen molar-refractivity contribution >= 4 is 22.9 Å². The quantitative estimate of drug-likeness (QED) is 0.689. The van der Waals surface area contributed by atoms with Gasteiger partial charge in [-0.2, -0.15) is 0 Å². The summed E-state index contributed by atoms with van der Waals surface area (Å²) in [7, 11) is 1.65. The van der Waals surface area contributed by atoms with Crippen LogP contribution in [-0.2, 0) is 0 Å². The van der Waals surface area contributed by atoms with Crippen molar-refractivity contribution in [1.82, 2.24) is 4.40 Å². The number of nitrogens with one attached hydrogen (secondary N) is 1. The minimum absolute atomic E-state index is 0.158. The van der Waals surface area contributed by atoms with Gasteiger partial charge in [-0.3, -0.25) is 0 Å². The first-order chi connectivity index (χ1) is 7.16. The van der Waals surface area contributed by atoms with Crippen LogP contribution in [0, 0.1) is 0 Å². The lowest BCUT2D eigenvalue weighted by atomic mass is 10.3. The lowest BCUT2D eigenvalue weighted by Crippen LogP contribution is -2.05. The third kappa shape index (κ3) is 1.20. The Balaban J connectivity index is 2.91. The summed E-state index contributed by atoms with van der Waals surface area (Å²) < 4.78 is 1.56. The summed E-state index contributed by atoms with van der Waals surface area (Å²) in [5.74, 6) is -1.00. The van der Waals surface area contributed by atoms with Gasteiger partial charge in [0.25, 0.3) is 0 Å². The van der Waals surface area contributed by atoms with Gasteiger partial charge in [-0.25, -0.2) is 4.79 Å². The summed E-state index contributed by atoms with van der Waals surface area (Å²) in [6.45, 7) is 0. The molecule has 0 amide bonds. The fourth-order valence-electron chi connectivity index (χ4n) is 1.70. The molecule has 2 heterocycles. The number of aromatic carboxylic acids is 1. The van der Waals surface area contributed by atoms with E-state index in [-0.39, 0.29) is 5.69 Å². The third-order valence-corrected chi connectivity index (χ3v) is 2.34. The molecular formula is C10H11N3O2. The Kier molecular flexibility index (Phi) is 2.00. The molecule has 0 atom stereocenters. The number of carbonyl (C=O) groups is 1. The van der Waals surface area contributed by atoms with E-state index in [0.29, 0.717) is 16.9 Å². The number of hydrogen-bond acceptors (Lipinski definition) is 3. The summed E-state index contributed by atoms with van der Waals surface area (Å²) in [6.07, 6.45) is 1.68. The molecule has 0 aliphatic rings. The number of anilines is 2. The van der Waals surface area contributed by atoms with Crippen LogP contribution in [0.1, 0.15) is 10.5 Å². The van der Waals surface area contributed by atoms with Crippen molar-refractivity contribution in [3.05, 3.63) is 30.1 Å². The summed E-state index contributed by atoms with van der Waals surface area (Å²) in [5, 5.41) is 11.9. The highest BCUT2D eigenvalue weighted by Crippen LogP contribution is 2.30. The maximum Gasteiger partial charge on any atom is 0.355 e. The molecule has 0 bridgehead atoms. The number of fused-ring (bicyclic) bond motifs is 1. The Morgan fingerprint density at radius 1 is 1.53 bits per heavy atom. The van der Waals surface area contributed by atoms with Crippen LogP contribution in [0.2, 0.25) is 0 Å². The highest BCUT2D eigenvalue weighted by atomic mass is 16.4. The number of hydrogen-bond donors (Lipinski definition) is 3. The average molecular weight is 205 g/mol. The first kappa shape index (κ1) is 9.39. The molecule has 2 aromatic rings. The molecule has 0 aliphatic heterocycles. The predicted molar refractivity (Wildman–Crippen MR) is 58.3 cm³/mol. The van der Waals surface area contributed by atoms with Crippen LogP contribution in [0.5, 0.6) is 0 Å². The molecule has 15 heavy (non-hydrogen) atoms. The zero-order chi connectivity index (χ0) is 11.0. The van der Waals surface area contributed by atoms with Crippen LogP contribution in [0.25, 0.3) is 5.52 Å².